The summed E-state index contributed by atoms with van der Waals surface area (Å²) in [4.78, 5) is 2.48. The standard InChI is InChI=1S/C17H30N2/c1-6-16(14-18-17(2,3)4)19(5)13-12-15-10-8-7-9-11-15/h7-11,16,18H,6,12-14H2,1-5H3. The van der Waals surface area contributed by atoms with Crippen molar-refractivity contribution in [3.8, 4) is 0 Å². The molecule has 0 saturated carbocycles. The van der Waals surface area contributed by atoms with Gasteiger partial charge in [0.05, 0.1) is 0 Å². The number of nitrogens with one attached hydrogen (secondary N) is 1. The predicted molar refractivity (Wildman–Crippen MR) is 84.6 cm³/mol. The lowest BCUT2D eigenvalue weighted by Gasteiger charge is -2.31. The van der Waals surface area contributed by atoms with Gasteiger partial charge in [-0.2, -0.15) is 0 Å². The van der Waals surface area contributed by atoms with Crippen LogP contribution in [0, 0.1) is 0 Å². The lowest BCUT2D eigenvalue weighted by atomic mass is 10.1. The molecule has 1 atom stereocenters. The summed E-state index contributed by atoms with van der Waals surface area (Å²) in [5, 5.41) is 3.61. The largest absolute Gasteiger partial charge is 0.311 e. The van der Waals surface area contributed by atoms with Crippen LogP contribution in [0.1, 0.15) is 39.7 Å². The van der Waals surface area contributed by atoms with Crippen LogP contribution in [0.5, 0.6) is 0 Å². The molecule has 0 fully saturated rings. The van der Waals surface area contributed by atoms with Crippen molar-refractivity contribution in [1.82, 2.24) is 10.2 Å². The predicted octanol–water partition coefficient (Wildman–Crippen LogP) is 3.33. The molecule has 1 rings (SSSR count). The molecule has 0 aliphatic rings. The van der Waals surface area contributed by atoms with Gasteiger partial charge in [0.25, 0.3) is 0 Å². The quantitative estimate of drug-likeness (QED) is 0.811. The lowest BCUT2D eigenvalue weighted by Crippen LogP contribution is -2.46. The van der Waals surface area contributed by atoms with E-state index in [0.717, 1.165) is 19.5 Å². The minimum Gasteiger partial charge on any atom is -0.311 e. The summed E-state index contributed by atoms with van der Waals surface area (Å²) in [6.07, 6.45) is 2.32. The first-order valence-corrected chi connectivity index (χ1v) is 7.41. The van der Waals surface area contributed by atoms with Gasteiger partial charge >= 0.3 is 0 Å². The molecule has 1 aromatic rings. The van der Waals surface area contributed by atoms with Crippen LogP contribution in [0.15, 0.2) is 30.3 Å². The van der Waals surface area contributed by atoms with E-state index in [1.807, 2.05) is 0 Å². The second-order valence-corrected chi connectivity index (χ2v) is 6.41. The molecule has 1 aromatic carbocycles. The number of nitrogens with zero attached hydrogens (tertiary/aromatic N) is 1. The van der Waals surface area contributed by atoms with Crippen molar-refractivity contribution in [2.75, 3.05) is 20.1 Å². The zero-order valence-corrected chi connectivity index (χ0v) is 13.2. The highest BCUT2D eigenvalue weighted by atomic mass is 15.2. The van der Waals surface area contributed by atoms with Crippen molar-refractivity contribution in [1.29, 1.82) is 0 Å². The Hall–Kier alpha value is -0.860. The Morgan fingerprint density at radius 1 is 1.16 bits per heavy atom. The summed E-state index contributed by atoms with van der Waals surface area (Å²) in [6.45, 7) is 11.1. The van der Waals surface area contributed by atoms with Crippen LogP contribution in [0.4, 0.5) is 0 Å². The fourth-order valence-electron chi connectivity index (χ4n) is 2.17. The van der Waals surface area contributed by atoms with Gasteiger partial charge in [-0.25, -0.2) is 0 Å². The first-order chi connectivity index (χ1) is 8.92. The maximum Gasteiger partial charge on any atom is 0.0215 e. The smallest absolute Gasteiger partial charge is 0.0215 e. The molecular weight excluding hydrogens is 232 g/mol. The number of likely N-dealkylation sites (N-methyl/N-ethyl adjacent to an activating group) is 1. The average Bonchev–Trinajstić information content (AvgIpc) is 2.37. The molecule has 0 radical (unpaired) electrons. The summed E-state index contributed by atoms with van der Waals surface area (Å²) >= 11 is 0. The third kappa shape index (κ3) is 6.74. The van der Waals surface area contributed by atoms with E-state index in [2.05, 4.69) is 75.3 Å². The molecule has 0 saturated heterocycles. The molecule has 2 heteroatoms. The number of benzene rings is 1. The number of hydrogen-bond acceptors (Lipinski definition) is 2. The zero-order valence-electron chi connectivity index (χ0n) is 13.2. The van der Waals surface area contributed by atoms with Crippen LogP contribution in [0.25, 0.3) is 0 Å². The molecular formula is C17H30N2. The van der Waals surface area contributed by atoms with Gasteiger partial charge in [0.1, 0.15) is 0 Å². The van der Waals surface area contributed by atoms with Gasteiger partial charge in [0.2, 0.25) is 0 Å². The maximum atomic E-state index is 3.61. The van der Waals surface area contributed by atoms with Crippen LogP contribution < -0.4 is 5.32 Å². The second-order valence-electron chi connectivity index (χ2n) is 6.41. The van der Waals surface area contributed by atoms with Gasteiger partial charge in [-0.15, -0.1) is 0 Å². The molecule has 19 heavy (non-hydrogen) atoms. The average molecular weight is 262 g/mol. The maximum absolute atomic E-state index is 3.61. The lowest BCUT2D eigenvalue weighted by molar-refractivity contribution is 0.218. The molecule has 0 aromatic heterocycles. The van der Waals surface area contributed by atoms with Crippen LogP contribution in [-0.4, -0.2) is 36.6 Å². The SMILES string of the molecule is CCC(CNC(C)(C)C)N(C)CCc1ccccc1. The Kier molecular flexibility index (Phi) is 6.53. The van der Waals surface area contributed by atoms with E-state index in [9.17, 15) is 0 Å². The van der Waals surface area contributed by atoms with Crippen molar-refractivity contribution >= 4 is 0 Å². The van der Waals surface area contributed by atoms with Crippen molar-refractivity contribution in [3.63, 3.8) is 0 Å². The van der Waals surface area contributed by atoms with Gasteiger partial charge in [0.15, 0.2) is 0 Å². The fourth-order valence-corrected chi connectivity index (χ4v) is 2.17. The minimum atomic E-state index is 0.202. The van der Waals surface area contributed by atoms with E-state index in [1.54, 1.807) is 0 Å². The highest BCUT2D eigenvalue weighted by Crippen LogP contribution is 2.07. The highest BCUT2D eigenvalue weighted by Gasteiger charge is 2.16. The Morgan fingerprint density at radius 2 is 1.79 bits per heavy atom. The van der Waals surface area contributed by atoms with Crippen molar-refractivity contribution < 1.29 is 0 Å². The van der Waals surface area contributed by atoms with Gasteiger partial charge < -0.3 is 10.2 Å². The molecule has 2 nitrogen and oxygen atoms in total. The summed E-state index contributed by atoms with van der Waals surface area (Å²) in [5.41, 5.74) is 1.63. The van der Waals surface area contributed by atoms with Crippen LogP contribution in [0.2, 0.25) is 0 Å². The normalized spacial score (nSPS) is 13.8. The Morgan fingerprint density at radius 3 is 2.32 bits per heavy atom. The molecule has 0 aliphatic carbocycles. The van der Waals surface area contributed by atoms with Gasteiger partial charge in [-0.3, -0.25) is 0 Å². The Balaban J connectivity index is 2.39. The van der Waals surface area contributed by atoms with E-state index in [4.69, 9.17) is 0 Å². The number of hydrogen-bond donors (Lipinski definition) is 1. The third-order valence-corrected chi connectivity index (χ3v) is 3.56. The van der Waals surface area contributed by atoms with Gasteiger partial charge in [-0.1, -0.05) is 37.3 Å². The van der Waals surface area contributed by atoms with Crippen LogP contribution in [-0.2, 0) is 6.42 Å². The first-order valence-electron chi connectivity index (χ1n) is 7.41. The van der Waals surface area contributed by atoms with Gasteiger partial charge in [0, 0.05) is 24.7 Å². The Labute approximate surface area is 119 Å². The molecule has 0 heterocycles. The van der Waals surface area contributed by atoms with Crippen molar-refractivity contribution in [3.05, 3.63) is 35.9 Å². The minimum absolute atomic E-state index is 0.202. The summed E-state index contributed by atoms with van der Waals surface area (Å²) in [7, 11) is 2.24. The third-order valence-electron chi connectivity index (χ3n) is 3.56. The van der Waals surface area contributed by atoms with E-state index < -0.39 is 0 Å². The molecule has 108 valence electrons. The van der Waals surface area contributed by atoms with E-state index in [1.165, 1.54) is 12.0 Å². The summed E-state index contributed by atoms with van der Waals surface area (Å²) < 4.78 is 0. The topological polar surface area (TPSA) is 15.3 Å². The zero-order chi connectivity index (χ0) is 14.3. The van der Waals surface area contributed by atoms with E-state index >= 15 is 0 Å². The van der Waals surface area contributed by atoms with Crippen LogP contribution >= 0.6 is 0 Å². The van der Waals surface area contributed by atoms with E-state index in [-0.39, 0.29) is 5.54 Å². The summed E-state index contributed by atoms with van der Waals surface area (Å²) in [5.74, 6) is 0. The molecule has 1 N–H and O–H groups in total. The monoisotopic (exact) mass is 262 g/mol. The van der Waals surface area contributed by atoms with Crippen molar-refractivity contribution in [2.24, 2.45) is 0 Å². The van der Waals surface area contributed by atoms with Crippen LogP contribution in [0.3, 0.4) is 0 Å². The highest BCUT2D eigenvalue weighted by molar-refractivity contribution is 5.14. The number of rotatable bonds is 7. The van der Waals surface area contributed by atoms with Gasteiger partial charge in [-0.05, 0) is 46.2 Å². The molecule has 0 amide bonds. The van der Waals surface area contributed by atoms with Crippen molar-refractivity contribution in [2.45, 2.75) is 52.1 Å². The summed E-state index contributed by atoms with van der Waals surface area (Å²) in [6, 6.07) is 11.4. The Bertz CT molecular complexity index is 340. The first kappa shape index (κ1) is 16.2. The molecule has 0 aliphatic heterocycles. The molecule has 0 bridgehead atoms. The molecule has 0 spiro atoms. The van der Waals surface area contributed by atoms with E-state index in [0.29, 0.717) is 6.04 Å². The molecule has 1 unspecified atom stereocenters. The second kappa shape index (κ2) is 7.66. The fraction of sp³-hybridized carbons (Fsp3) is 0.647.